The van der Waals surface area contributed by atoms with Gasteiger partial charge in [-0.1, -0.05) is 42.0 Å². The lowest BCUT2D eigenvalue weighted by molar-refractivity contribution is 0.406. The molecule has 0 fully saturated rings. The fourth-order valence-corrected chi connectivity index (χ4v) is 6.14. The maximum Gasteiger partial charge on any atom is 0.261 e. The molecule has 170 valence electrons. The zero-order valence-electron chi connectivity index (χ0n) is 18.4. The summed E-state index contributed by atoms with van der Waals surface area (Å²) >= 11 is 6.07. The van der Waals surface area contributed by atoms with Crippen LogP contribution in [0.2, 0.25) is 5.02 Å². The molecule has 3 atom stereocenters. The molecule has 0 amide bonds. The molecular weight excluding hydrogens is 456 g/mol. The molecule has 1 aliphatic heterocycles. The van der Waals surface area contributed by atoms with E-state index < -0.39 is 10.0 Å². The minimum Gasteiger partial charge on any atom is -0.497 e. The van der Waals surface area contributed by atoms with Gasteiger partial charge in [-0.25, -0.2) is 8.42 Å². The number of rotatable bonds is 5. The monoisotopic (exact) mass is 480 g/mol. The van der Waals surface area contributed by atoms with E-state index in [4.69, 9.17) is 16.3 Å². The van der Waals surface area contributed by atoms with Gasteiger partial charge in [0.25, 0.3) is 10.0 Å². The summed E-state index contributed by atoms with van der Waals surface area (Å²) in [4.78, 5) is 0.237. The van der Waals surface area contributed by atoms with Crippen molar-refractivity contribution < 1.29 is 13.2 Å². The summed E-state index contributed by atoms with van der Waals surface area (Å²) in [6.07, 6.45) is 5.31. The molecular formula is C26H25ClN2O3S. The van der Waals surface area contributed by atoms with Gasteiger partial charge in [-0.3, -0.25) is 4.72 Å². The lowest BCUT2D eigenvalue weighted by Gasteiger charge is -2.37. The summed E-state index contributed by atoms with van der Waals surface area (Å²) in [7, 11) is -2.10. The van der Waals surface area contributed by atoms with Crippen LogP contribution in [0, 0.1) is 12.8 Å². The molecule has 3 aromatic rings. The smallest absolute Gasteiger partial charge is 0.261 e. The Kier molecular flexibility index (Phi) is 5.59. The summed E-state index contributed by atoms with van der Waals surface area (Å²) in [5, 5.41) is 4.13. The Hall–Kier alpha value is -2.96. The largest absolute Gasteiger partial charge is 0.497 e. The Labute approximate surface area is 199 Å². The minimum absolute atomic E-state index is 0.113. The molecule has 0 radical (unpaired) electrons. The molecule has 1 heterocycles. The first-order valence-electron chi connectivity index (χ1n) is 10.9. The average molecular weight is 481 g/mol. The third-order valence-electron chi connectivity index (χ3n) is 6.54. The Morgan fingerprint density at radius 1 is 1.09 bits per heavy atom. The number of allylic oxidation sites excluding steroid dienone is 2. The van der Waals surface area contributed by atoms with Gasteiger partial charge in [-0.05, 0) is 78.4 Å². The first-order valence-corrected chi connectivity index (χ1v) is 12.7. The van der Waals surface area contributed by atoms with Crippen LogP contribution in [0.5, 0.6) is 5.75 Å². The molecule has 0 saturated carbocycles. The summed E-state index contributed by atoms with van der Waals surface area (Å²) in [5.41, 5.74) is 4.40. The zero-order valence-corrected chi connectivity index (χ0v) is 20.0. The number of anilines is 2. The minimum atomic E-state index is -3.77. The van der Waals surface area contributed by atoms with Crippen LogP contribution in [0.4, 0.5) is 11.4 Å². The standard InChI is InChI=1S/C26H25ClN2O3S/c1-16-9-10-18(27)14-25(16)29-33(30,31)20-11-12-24-23(15-20)21-7-4-8-22(21)26(28-24)17-5-3-6-19(13-17)32-2/h3-7,9-15,21-22,26,28-29H,8H2,1-2H3/t21-,22+,26+/m0/s1. The van der Waals surface area contributed by atoms with Crippen molar-refractivity contribution in [3.8, 4) is 5.75 Å². The molecule has 1 aliphatic carbocycles. The van der Waals surface area contributed by atoms with E-state index in [-0.39, 0.29) is 16.9 Å². The van der Waals surface area contributed by atoms with Crippen molar-refractivity contribution in [3.63, 3.8) is 0 Å². The number of nitrogens with one attached hydrogen (secondary N) is 2. The number of halogens is 1. The fraction of sp³-hybridized carbons (Fsp3) is 0.231. The van der Waals surface area contributed by atoms with Gasteiger partial charge in [0.15, 0.2) is 0 Å². The topological polar surface area (TPSA) is 67.4 Å². The molecule has 0 bridgehead atoms. The van der Waals surface area contributed by atoms with Crippen molar-refractivity contribution >= 4 is 33.0 Å². The molecule has 5 nitrogen and oxygen atoms in total. The highest BCUT2D eigenvalue weighted by atomic mass is 35.5. The van der Waals surface area contributed by atoms with Gasteiger partial charge < -0.3 is 10.1 Å². The third-order valence-corrected chi connectivity index (χ3v) is 8.14. The molecule has 33 heavy (non-hydrogen) atoms. The van der Waals surface area contributed by atoms with Crippen molar-refractivity contribution in [2.45, 2.75) is 30.2 Å². The van der Waals surface area contributed by atoms with E-state index in [1.807, 2.05) is 25.1 Å². The SMILES string of the molecule is COc1cccc([C@H]2Nc3ccc(S(=O)(=O)Nc4cc(Cl)ccc4C)cc3[C@H]3C=CC[C@H]32)c1. The van der Waals surface area contributed by atoms with Crippen molar-refractivity contribution in [1.82, 2.24) is 0 Å². The Morgan fingerprint density at radius 2 is 1.94 bits per heavy atom. The van der Waals surface area contributed by atoms with Crippen molar-refractivity contribution in [3.05, 3.63) is 94.5 Å². The van der Waals surface area contributed by atoms with E-state index >= 15 is 0 Å². The molecule has 0 saturated heterocycles. The van der Waals surface area contributed by atoms with E-state index in [1.54, 1.807) is 37.4 Å². The second-order valence-electron chi connectivity index (χ2n) is 8.57. The van der Waals surface area contributed by atoms with Gasteiger partial charge in [-0.2, -0.15) is 0 Å². The summed E-state index contributed by atoms with van der Waals surface area (Å²) in [5.74, 6) is 1.26. The third kappa shape index (κ3) is 4.09. The second kappa shape index (κ2) is 8.43. The highest BCUT2D eigenvalue weighted by Gasteiger charge is 2.38. The molecule has 5 rings (SSSR count). The van der Waals surface area contributed by atoms with Gasteiger partial charge in [0.05, 0.1) is 23.7 Å². The van der Waals surface area contributed by atoms with Crippen LogP contribution in [0.1, 0.15) is 35.1 Å². The van der Waals surface area contributed by atoms with E-state index in [2.05, 4.69) is 34.3 Å². The Balaban J connectivity index is 1.49. The maximum atomic E-state index is 13.2. The lowest BCUT2D eigenvalue weighted by atomic mass is 9.77. The Morgan fingerprint density at radius 3 is 2.76 bits per heavy atom. The van der Waals surface area contributed by atoms with E-state index in [9.17, 15) is 8.42 Å². The molecule has 2 aliphatic rings. The number of aryl methyl sites for hydroxylation is 1. The quantitative estimate of drug-likeness (QED) is 0.421. The van der Waals surface area contributed by atoms with E-state index in [0.717, 1.165) is 34.5 Å². The molecule has 7 heteroatoms. The van der Waals surface area contributed by atoms with Crippen LogP contribution in [0.3, 0.4) is 0 Å². The number of hydrogen-bond acceptors (Lipinski definition) is 4. The first-order chi connectivity index (χ1) is 15.9. The number of methoxy groups -OCH3 is 1. The number of benzene rings is 3. The number of fused-ring (bicyclic) bond motifs is 3. The normalized spacial score (nSPS) is 21.1. The van der Waals surface area contributed by atoms with Gasteiger partial charge in [0.1, 0.15) is 5.75 Å². The van der Waals surface area contributed by atoms with E-state index in [0.29, 0.717) is 16.6 Å². The highest BCUT2D eigenvalue weighted by Crippen LogP contribution is 2.50. The molecule has 3 aromatic carbocycles. The van der Waals surface area contributed by atoms with Crippen LogP contribution in [0.25, 0.3) is 0 Å². The summed E-state index contributed by atoms with van der Waals surface area (Å²) < 4.78 is 34.5. The van der Waals surface area contributed by atoms with Crippen LogP contribution in [0.15, 0.2) is 77.7 Å². The average Bonchev–Trinajstić information content (AvgIpc) is 3.31. The fourth-order valence-electron chi connectivity index (χ4n) is 4.81. The van der Waals surface area contributed by atoms with Gasteiger partial charge in [0.2, 0.25) is 0 Å². The predicted molar refractivity (Wildman–Crippen MR) is 133 cm³/mol. The van der Waals surface area contributed by atoms with Gasteiger partial charge >= 0.3 is 0 Å². The lowest BCUT2D eigenvalue weighted by Crippen LogP contribution is -2.29. The molecule has 0 unspecified atom stereocenters. The van der Waals surface area contributed by atoms with Crippen LogP contribution >= 0.6 is 11.6 Å². The van der Waals surface area contributed by atoms with E-state index in [1.165, 1.54) is 0 Å². The molecule has 0 aromatic heterocycles. The zero-order chi connectivity index (χ0) is 23.2. The molecule has 2 N–H and O–H groups in total. The highest BCUT2D eigenvalue weighted by molar-refractivity contribution is 7.92. The van der Waals surface area contributed by atoms with Crippen molar-refractivity contribution in [2.75, 3.05) is 17.1 Å². The summed E-state index contributed by atoms with van der Waals surface area (Å²) in [6, 6.07) is 18.7. The van der Waals surface area contributed by atoms with Gasteiger partial charge in [-0.15, -0.1) is 0 Å². The molecule has 0 spiro atoms. The summed E-state index contributed by atoms with van der Waals surface area (Å²) in [6.45, 7) is 1.84. The second-order valence-corrected chi connectivity index (χ2v) is 10.7. The Bertz CT molecular complexity index is 1350. The number of ether oxygens (including phenoxy) is 1. The predicted octanol–water partition coefficient (Wildman–Crippen LogP) is 6.28. The number of sulfonamides is 1. The maximum absolute atomic E-state index is 13.2. The van der Waals surface area contributed by atoms with Crippen LogP contribution in [-0.2, 0) is 10.0 Å². The van der Waals surface area contributed by atoms with Crippen LogP contribution < -0.4 is 14.8 Å². The van der Waals surface area contributed by atoms with Gasteiger partial charge in [0, 0.05) is 16.6 Å². The first kappa shape index (κ1) is 21.9. The number of hydrogen-bond donors (Lipinski definition) is 2. The van der Waals surface area contributed by atoms with Crippen molar-refractivity contribution in [1.29, 1.82) is 0 Å². The van der Waals surface area contributed by atoms with Crippen molar-refractivity contribution in [2.24, 2.45) is 5.92 Å². The van der Waals surface area contributed by atoms with Crippen LogP contribution in [-0.4, -0.2) is 15.5 Å².